The molecule has 5 N–H and O–H groups in total. The van der Waals surface area contributed by atoms with Crippen molar-refractivity contribution in [2.45, 2.75) is 18.5 Å². The zero-order valence-corrected chi connectivity index (χ0v) is 17.4. The van der Waals surface area contributed by atoms with Crippen molar-refractivity contribution in [1.29, 1.82) is 0 Å². The van der Waals surface area contributed by atoms with Gasteiger partial charge in [-0.3, -0.25) is 0 Å². The van der Waals surface area contributed by atoms with Gasteiger partial charge in [-0.25, -0.2) is 0 Å². The van der Waals surface area contributed by atoms with Gasteiger partial charge in [-0.2, -0.15) is 0 Å². The molecule has 0 radical (unpaired) electrons. The van der Waals surface area contributed by atoms with Gasteiger partial charge < -0.3 is 58.7 Å². The van der Waals surface area contributed by atoms with Crippen LogP contribution in [0.4, 0.5) is 0 Å². The molecule has 2 unspecified atom stereocenters. The number of ether oxygens (including phenoxy) is 7. The molecule has 12 nitrogen and oxygen atoms in total. The van der Waals surface area contributed by atoms with E-state index in [1.807, 2.05) is 0 Å². The quantitative estimate of drug-likeness (QED) is 0.0761. The Kier molecular flexibility index (Phi) is 22.8. The lowest BCUT2D eigenvalue weighted by atomic mass is 10.3. The average molecular weight is 446 g/mol. The fraction of sp³-hybridized carbons (Fsp3) is 1.00. The molecule has 182 valence electrons. The van der Waals surface area contributed by atoms with Gasteiger partial charge in [0.15, 0.2) is 6.29 Å². The minimum absolute atomic E-state index is 0.0518. The Labute approximate surface area is 177 Å². The van der Waals surface area contributed by atoms with Crippen molar-refractivity contribution >= 4 is 0 Å². The van der Waals surface area contributed by atoms with Crippen LogP contribution in [0.15, 0.2) is 0 Å². The third-order valence-corrected chi connectivity index (χ3v) is 3.38. The van der Waals surface area contributed by atoms with E-state index in [0.29, 0.717) is 0 Å². The highest BCUT2D eigenvalue weighted by atomic mass is 16.7. The molecule has 0 saturated carbocycles. The summed E-state index contributed by atoms with van der Waals surface area (Å²) in [5.74, 6) is 0. The molecule has 0 spiro atoms. The van der Waals surface area contributed by atoms with Crippen LogP contribution in [0.1, 0.15) is 0 Å². The third-order valence-electron chi connectivity index (χ3n) is 3.38. The molecule has 0 rings (SSSR count). The van der Waals surface area contributed by atoms with E-state index in [1.54, 1.807) is 0 Å². The van der Waals surface area contributed by atoms with Crippen molar-refractivity contribution in [3.8, 4) is 0 Å². The second-order valence-electron chi connectivity index (χ2n) is 5.92. The molecule has 0 bridgehead atoms. The molecule has 0 fully saturated rings. The van der Waals surface area contributed by atoms with Crippen molar-refractivity contribution in [2.75, 3.05) is 99.1 Å². The van der Waals surface area contributed by atoms with Crippen LogP contribution >= 0.6 is 0 Å². The fourth-order valence-electron chi connectivity index (χ4n) is 2.15. The Morgan fingerprint density at radius 3 is 1.20 bits per heavy atom. The molecule has 0 aromatic heterocycles. The predicted octanol–water partition coefficient (Wildman–Crippen LogP) is -2.87. The summed E-state index contributed by atoms with van der Waals surface area (Å²) in [5.41, 5.74) is 0. The number of hydrogen-bond acceptors (Lipinski definition) is 12. The van der Waals surface area contributed by atoms with Gasteiger partial charge in [-0.1, -0.05) is 0 Å². The molecule has 0 aliphatic rings. The second kappa shape index (κ2) is 23.2. The normalized spacial score (nSPS) is 13.8. The molecular weight excluding hydrogens is 408 g/mol. The van der Waals surface area contributed by atoms with Gasteiger partial charge in [-0.05, 0) is 0 Å². The van der Waals surface area contributed by atoms with Gasteiger partial charge in [0.25, 0.3) is 0 Å². The lowest BCUT2D eigenvalue weighted by Gasteiger charge is -2.22. The van der Waals surface area contributed by atoms with Crippen molar-refractivity contribution in [2.24, 2.45) is 0 Å². The number of hydrogen-bond donors (Lipinski definition) is 5. The molecule has 0 amide bonds. The van der Waals surface area contributed by atoms with Crippen molar-refractivity contribution in [1.82, 2.24) is 0 Å². The van der Waals surface area contributed by atoms with Crippen LogP contribution < -0.4 is 0 Å². The summed E-state index contributed by atoms with van der Waals surface area (Å²) in [5, 5.41) is 44.3. The van der Waals surface area contributed by atoms with Crippen molar-refractivity contribution in [3.05, 3.63) is 0 Å². The highest BCUT2D eigenvalue weighted by Crippen LogP contribution is 2.02. The summed E-state index contributed by atoms with van der Waals surface area (Å²) in [4.78, 5) is 0. The summed E-state index contributed by atoms with van der Waals surface area (Å²) in [7, 11) is 0. The van der Waals surface area contributed by atoms with E-state index in [1.165, 1.54) is 0 Å². The molecule has 2 atom stereocenters. The van der Waals surface area contributed by atoms with E-state index in [0.717, 1.165) is 0 Å². The van der Waals surface area contributed by atoms with E-state index >= 15 is 0 Å². The summed E-state index contributed by atoms with van der Waals surface area (Å²) in [6.45, 7) is 0.519. The molecule has 0 heterocycles. The first-order chi connectivity index (χ1) is 14.7. The number of aliphatic hydroxyl groups excluding tert-OH is 5. The second-order valence-corrected chi connectivity index (χ2v) is 5.92. The maximum atomic E-state index is 8.98. The third kappa shape index (κ3) is 18.3. The summed E-state index contributed by atoms with van der Waals surface area (Å²) >= 11 is 0. The van der Waals surface area contributed by atoms with Crippen LogP contribution in [0.2, 0.25) is 0 Å². The SMILES string of the molecule is OCCOCC(COCC(COCC(OCCO)OCCO)OCCO)OCCO. The zero-order valence-electron chi connectivity index (χ0n) is 17.4. The Morgan fingerprint density at radius 1 is 0.400 bits per heavy atom. The van der Waals surface area contributed by atoms with Crippen LogP contribution in [-0.2, 0) is 33.2 Å². The van der Waals surface area contributed by atoms with Gasteiger partial charge in [-0.15, -0.1) is 0 Å². The van der Waals surface area contributed by atoms with Gasteiger partial charge in [0.2, 0.25) is 0 Å². The van der Waals surface area contributed by atoms with Crippen molar-refractivity contribution in [3.63, 3.8) is 0 Å². The first-order valence-electron chi connectivity index (χ1n) is 9.95. The van der Waals surface area contributed by atoms with Crippen molar-refractivity contribution < 1.29 is 58.7 Å². The minimum atomic E-state index is -0.747. The summed E-state index contributed by atoms with van der Waals surface area (Å²) in [6, 6.07) is 0. The molecule has 0 aliphatic heterocycles. The van der Waals surface area contributed by atoms with Crippen LogP contribution in [0.5, 0.6) is 0 Å². The monoisotopic (exact) mass is 446 g/mol. The average Bonchev–Trinajstić information content (AvgIpc) is 2.76. The Morgan fingerprint density at radius 2 is 0.767 bits per heavy atom. The Bertz CT molecular complexity index is 328. The van der Waals surface area contributed by atoms with E-state index in [4.69, 9.17) is 58.7 Å². The molecule has 12 heteroatoms. The maximum Gasteiger partial charge on any atom is 0.181 e. The zero-order chi connectivity index (χ0) is 22.3. The first-order valence-corrected chi connectivity index (χ1v) is 9.95. The molecule has 30 heavy (non-hydrogen) atoms. The highest BCUT2D eigenvalue weighted by Gasteiger charge is 2.16. The lowest BCUT2D eigenvalue weighted by Crippen LogP contribution is -2.33. The largest absolute Gasteiger partial charge is 0.394 e. The van der Waals surface area contributed by atoms with Crippen LogP contribution in [-0.4, -0.2) is 143 Å². The van der Waals surface area contributed by atoms with Gasteiger partial charge in [0.05, 0.1) is 99.1 Å². The van der Waals surface area contributed by atoms with Gasteiger partial charge in [0, 0.05) is 0 Å². The first kappa shape index (κ1) is 29.5. The fourth-order valence-corrected chi connectivity index (χ4v) is 2.15. The molecule has 0 aromatic carbocycles. The van der Waals surface area contributed by atoms with Gasteiger partial charge >= 0.3 is 0 Å². The highest BCUT2D eigenvalue weighted by molar-refractivity contribution is 4.60. The topological polar surface area (TPSA) is 166 Å². The molecule has 0 aromatic rings. The Balaban J connectivity index is 4.35. The molecule has 0 aliphatic carbocycles. The van der Waals surface area contributed by atoms with Crippen LogP contribution in [0.3, 0.4) is 0 Å². The van der Waals surface area contributed by atoms with Crippen LogP contribution in [0.25, 0.3) is 0 Å². The maximum absolute atomic E-state index is 8.98. The van der Waals surface area contributed by atoms with E-state index in [2.05, 4.69) is 0 Å². The Hall–Kier alpha value is -0.480. The van der Waals surface area contributed by atoms with E-state index in [9.17, 15) is 0 Å². The standard InChI is InChI=1S/C18H38O12/c19-1-6-24-11-16(27-7-2-20)12-25-13-17(28-8-3-21)14-26-15-18(29-9-4-22)30-10-5-23/h16-23H,1-15H2. The van der Waals surface area contributed by atoms with E-state index in [-0.39, 0.29) is 99.1 Å². The number of rotatable bonds is 24. The number of aliphatic hydroxyl groups is 5. The molecular formula is C18H38O12. The summed E-state index contributed by atoms with van der Waals surface area (Å²) in [6.07, 6.45) is -1.65. The smallest absolute Gasteiger partial charge is 0.181 e. The van der Waals surface area contributed by atoms with Crippen LogP contribution in [0, 0.1) is 0 Å². The predicted molar refractivity (Wildman–Crippen MR) is 103 cm³/mol. The molecule has 0 saturated heterocycles. The summed E-state index contributed by atoms with van der Waals surface area (Å²) < 4.78 is 37.8. The van der Waals surface area contributed by atoms with E-state index < -0.39 is 18.5 Å². The lowest BCUT2D eigenvalue weighted by molar-refractivity contribution is -0.187. The van der Waals surface area contributed by atoms with Gasteiger partial charge in [0.1, 0.15) is 12.2 Å². The minimum Gasteiger partial charge on any atom is -0.394 e.